The maximum Gasteiger partial charge on any atom is 0.473 e. The van der Waals surface area contributed by atoms with Crippen molar-refractivity contribution in [1.29, 1.82) is 0 Å². The zero-order valence-corrected chi connectivity index (χ0v) is 88.7. The van der Waals surface area contributed by atoms with Gasteiger partial charge in [0.1, 0.15) is 42.4 Å². The van der Waals surface area contributed by atoms with Crippen molar-refractivity contribution in [2.24, 2.45) is 35.3 Å². The summed E-state index contributed by atoms with van der Waals surface area (Å²) in [7, 11) is -1.20. The first-order valence-electron chi connectivity index (χ1n) is 49.9. The van der Waals surface area contributed by atoms with Crippen LogP contribution in [0.3, 0.4) is 0 Å². The lowest BCUT2D eigenvalue weighted by atomic mass is 9.89. The molecular formula is C98H153N17O31P2. The van der Waals surface area contributed by atoms with E-state index in [4.69, 9.17) is 57.7 Å². The Morgan fingerprint density at radius 1 is 0.588 bits per heavy atom. The van der Waals surface area contributed by atoms with Crippen LogP contribution in [0.5, 0.6) is 0 Å². The monoisotopic (exact) mass is 2130 g/mol. The van der Waals surface area contributed by atoms with E-state index in [0.29, 0.717) is 48.9 Å². The number of carbonyl (C=O) groups is 17. The second kappa shape index (κ2) is 64.4. The number of methoxy groups -OCH3 is 2. The molecule has 3 heterocycles. The molecule has 0 radical (unpaired) electrons. The summed E-state index contributed by atoms with van der Waals surface area (Å²) in [5.41, 5.74) is 7.37. The van der Waals surface area contributed by atoms with Gasteiger partial charge in [-0.3, -0.25) is 100 Å². The molecule has 148 heavy (non-hydrogen) atoms. The van der Waals surface area contributed by atoms with Crippen LogP contribution in [0.2, 0.25) is 0 Å². The number of likely N-dealkylation sites (tertiary alicyclic amines) is 2. The smallest absolute Gasteiger partial charge is 0.464 e. The van der Waals surface area contributed by atoms with E-state index in [9.17, 15) is 95.5 Å². The fourth-order valence-electron chi connectivity index (χ4n) is 17.1. The van der Waals surface area contributed by atoms with Gasteiger partial charge < -0.3 is 127 Å². The van der Waals surface area contributed by atoms with Crippen LogP contribution in [0.25, 0.3) is 0 Å². The molecule has 0 bridgehead atoms. The largest absolute Gasteiger partial charge is 0.473 e. The highest BCUT2D eigenvalue weighted by Gasteiger charge is 2.47. The van der Waals surface area contributed by atoms with E-state index >= 15 is 0 Å². The molecule has 17 N–H and O–H groups in total. The molecule has 2 unspecified atom stereocenters. The van der Waals surface area contributed by atoms with Crippen molar-refractivity contribution in [2.75, 3.05) is 152 Å². The Labute approximate surface area is 863 Å². The van der Waals surface area contributed by atoms with Gasteiger partial charge in [-0.1, -0.05) is 135 Å². The number of phosphoric ester groups is 1. The van der Waals surface area contributed by atoms with Gasteiger partial charge in [0.15, 0.2) is 0 Å². The molecule has 3 aliphatic heterocycles. The third-order valence-electron chi connectivity index (χ3n) is 25.2. The predicted molar refractivity (Wildman–Crippen MR) is 538 cm³/mol. The molecule has 16 amide bonds. The highest BCUT2D eigenvalue weighted by atomic mass is 31.2. The number of likely N-dealkylation sites (N-methyl/N-ethyl adjacent to an activating group) is 2. The maximum absolute atomic E-state index is 14.7. The minimum atomic E-state index is -4.98. The number of phosphoric acid groups is 1. The van der Waals surface area contributed by atoms with E-state index < -0.39 is 241 Å². The van der Waals surface area contributed by atoms with Gasteiger partial charge in [0, 0.05) is 84.6 Å². The summed E-state index contributed by atoms with van der Waals surface area (Å²) in [4.78, 5) is 265. The van der Waals surface area contributed by atoms with Gasteiger partial charge >= 0.3 is 21.4 Å². The van der Waals surface area contributed by atoms with Gasteiger partial charge in [-0.05, 0) is 106 Å². The van der Waals surface area contributed by atoms with Crippen LogP contribution in [-0.4, -0.2) is 354 Å². The molecule has 3 saturated heterocycles. The van der Waals surface area contributed by atoms with Crippen LogP contribution in [0.1, 0.15) is 162 Å². The second-order valence-electron chi connectivity index (χ2n) is 37.6. The predicted octanol–water partition coefficient (Wildman–Crippen LogP) is 0.169. The molecule has 6 rings (SSSR count). The number of hydrogen-bond donors (Lipinski definition) is 16. The molecule has 17 atom stereocenters. The number of anilines is 1. The summed E-state index contributed by atoms with van der Waals surface area (Å²) < 4.78 is 75.7. The number of unbranched alkanes of at least 4 members (excludes halogenated alkanes) is 1. The molecule has 3 aromatic carbocycles. The SMILES string of the molecule is CC[C@H](C)[C@@H]([C@@H](CC(=O)N1CCC[C@H]1[C@H](OC)[C@@H](C)C(=O)N[C@H](C)[C@@H](OP(=O)(O)OCc1ccc(NC(=O)CNC(=O)[C@H](Cc2ccccc2)NC(=O)CNC(=O)CNC(=O)[C@H](CCCCN)NC(=O)[C@H](CC(=O)N[C@H]2CCOC2=O)NC(=O)CCOCCOCCOCCOCCNC(=O)[C@H](CNC(=O)CCP(=O)(O)O)N2C(=O)CC(C)C2=O)cc1)c1ccccc1)OC)N(C)C(=O)[C@@H](NC(=O)[C@H](C(C)C)N(C)C)C(C)C. The summed E-state index contributed by atoms with van der Waals surface area (Å²) in [6.07, 6.45) is -2.99. The van der Waals surface area contributed by atoms with Gasteiger partial charge in [0.25, 0.3) is 0 Å². The van der Waals surface area contributed by atoms with Gasteiger partial charge in [-0.25, -0.2) is 9.36 Å². The topological polar surface area (TPSA) is 651 Å². The van der Waals surface area contributed by atoms with Crippen LogP contribution < -0.4 is 69.5 Å². The Morgan fingerprint density at radius 3 is 1.77 bits per heavy atom. The van der Waals surface area contributed by atoms with Crippen molar-refractivity contribution in [1.82, 2.24) is 78.1 Å². The lowest BCUT2D eigenvalue weighted by Gasteiger charge is -2.41. The van der Waals surface area contributed by atoms with E-state index in [1.165, 1.54) is 45.4 Å². The number of nitrogens with one attached hydrogen (secondary N) is 12. The van der Waals surface area contributed by atoms with Gasteiger partial charge in [-0.2, -0.15) is 0 Å². The minimum Gasteiger partial charge on any atom is -0.464 e. The van der Waals surface area contributed by atoms with Crippen LogP contribution in [-0.2, 0) is 146 Å². The number of esters is 1. The van der Waals surface area contributed by atoms with Crippen LogP contribution in [0.15, 0.2) is 84.9 Å². The number of nitrogens with two attached hydrogens (primary N) is 1. The zero-order valence-electron chi connectivity index (χ0n) is 86.9. The lowest BCUT2D eigenvalue weighted by Crippen LogP contribution is -2.59. The van der Waals surface area contributed by atoms with E-state index in [1.54, 1.807) is 91.4 Å². The average molecular weight is 2130 g/mol. The van der Waals surface area contributed by atoms with Gasteiger partial charge in [0.2, 0.25) is 94.5 Å². The molecule has 0 saturated carbocycles. The molecule has 48 nitrogen and oxygen atoms in total. The molecule has 3 aromatic rings. The number of rotatable bonds is 69. The summed E-state index contributed by atoms with van der Waals surface area (Å²) >= 11 is 0. The molecule has 0 spiro atoms. The summed E-state index contributed by atoms with van der Waals surface area (Å²) in [6.45, 7) is 14.3. The number of nitrogens with zero attached hydrogens (tertiary/aromatic N) is 4. The number of ether oxygens (including phenoxy) is 7. The standard InChI is InChI=1S/C98H153N17O31P2/c1-15-62(6)87(113(12)97(131)85(60(2)3)111-95(129)86(61(4)5)112(10)11)76(138-13)54-83(122)114-40-24-30-74(114)88(139-14)64(8)90(124)105-65(9)89(68-27-20-17-21-28-68)146-148(136,137)145-59-67-31-33-69(34-32-67)106-81(120)58-104-92(126)72(52-66-25-18-16-19-26-66)109-82(121)57-102-80(119)56-103-91(125)70(29-22-23-38-99)110-93(127)73(53-79(118)107-71-35-42-144-98(71)132)108-78(117)36-41-140-44-46-142-48-49-143-47-45-141-43-39-100-94(128)75(115-84(123)51-63(7)96(115)130)55-101-77(116)37-50-147(133,134)135/h16-21,25-28,31-34,60-65,70-76,85-89H,15,22-24,29-30,35-59,99H2,1-14H3,(H,100,128)(H,101,116)(H,102,119)(H,103,125)(H,104,126)(H,105,124)(H,106,120)(H,107,118)(H,108,117)(H,109,121)(H,110,127)(H,111,129)(H,136,137)(H2,133,134,135)/t62-,63?,64+,65+,70-,71-,72-,73-,74-,75-,76+,85-,86-,87-,88+,89+/m0/s1. The number of imide groups is 1. The highest BCUT2D eigenvalue weighted by molar-refractivity contribution is 7.51. The molecule has 3 fully saturated rings. The maximum atomic E-state index is 14.7. The zero-order chi connectivity index (χ0) is 109. The Balaban J connectivity index is 0.945. The van der Waals surface area contributed by atoms with Crippen molar-refractivity contribution in [3.8, 4) is 0 Å². The lowest BCUT2D eigenvalue weighted by molar-refractivity contribution is -0.148. The molecule has 0 aliphatic carbocycles. The molecule has 50 heteroatoms. The molecular weight excluding hydrogens is 1970 g/mol. The third-order valence-corrected chi connectivity index (χ3v) is 26.9. The number of hydrogen-bond acceptors (Lipinski definition) is 30. The number of benzene rings is 3. The van der Waals surface area contributed by atoms with Crippen molar-refractivity contribution < 1.29 is 148 Å². The van der Waals surface area contributed by atoms with E-state index in [1.807, 2.05) is 60.5 Å². The fraction of sp³-hybridized carbons (Fsp3) is 0.643. The summed E-state index contributed by atoms with van der Waals surface area (Å²) in [6, 6.07) is 12.6. The quantitative estimate of drug-likeness (QED) is 0.0155. The first kappa shape index (κ1) is 125. The van der Waals surface area contributed by atoms with Crippen LogP contribution in [0.4, 0.5) is 5.69 Å². The first-order chi connectivity index (χ1) is 70.2. The Hall–Kier alpha value is -11.2. The van der Waals surface area contributed by atoms with Crippen LogP contribution >= 0.6 is 15.4 Å². The van der Waals surface area contributed by atoms with Crippen molar-refractivity contribution in [3.05, 3.63) is 102 Å². The van der Waals surface area contributed by atoms with Crippen molar-refractivity contribution >= 4 is 122 Å². The van der Waals surface area contributed by atoms with E-state index in [-0.39, 0.29) is 159 Å². The van der Waals surface area contributed by atoms with Crippen molar-refractivity contribution in [2.45, 2.75) is 231 Å². The number of amides is 16. The average Bonchev–Trinajstić information content (AvgIpc) is 1.66. The normalized spacial score (nSPS) is 17.8. The first-order valence-corrected chi connectivity index (χ1v) is 53.2. The van der Waals surface area contributed by atoms with E-state index in [0.717, 1.165) is 4.90 Å². The van der Waals surface area contributed by atoms with Gasteiger partial charge in [0.05, 0.1) is 147 Å². The Bertz CT molecular complexity index is 4930. The third kappa shape index (κ3) is 43.0. The molecule has 826 valence electrons. The Kier molecular flexibility index (Phi) is 54.6. The minimum absolute atomic E-state index is 0.00798. The van der Waals surface area contributed by atoms with Crippen molar-refractivity contribution in [3.63, 3.8) is 0 Å². The van der Waals surface area contributed by atoms with Gasteiger partial charge in [-0.15, -0.1) is 0 Å². The number of carbonyl (C=O) groups excluding carboxylic acids is 17. The van der Waals surface area contributed by atoms with Crippen LogP contribution in [0, 0.1) is 29.6 Å². The Morgan fingerprint density at radius 2 is 1.20 bits per heavy atom. The molecule has 0 aromatic heterocycles. The fourth-order valence-corrected chi connectivity index (χ4v) is 18.6. The summed E-state index contributed by atoms with van der Waals surface area (Å²) in [5.74, 6) is -13.6. The number of cyclic esters (lactones) is 1. The summed E-state index contributed by atoms with van der Waals surface area (Å²) in [5, 5.41) is 30.9. The molecule has 3 aliphatic rings. The highest BCUT2D eigenvalue weighted by Crippen LogP contribution is 2.50. The van der Waals surface area contributed by atoms with E-state index in [2.05, 4.69) is 63.8 Å². The second-order valence-corrected chi connectivity index (χ2v) is 40.8.